The normalized spacial score (nSPS) is 18.3. The van der Waals surface area contributed by atoms with Crippen molar-refractivity contribution in [2.75, 3.05) is 13.2 Å². The third-order valence-electron chi connectivity index (χ3n) is 4.39. The lowest BCUT2D eigenvalue weighted by Crippen LogP contribution is -2.50. The van der Waals surface area contributed by atoms with Gasteiger partial charge >= 0.3 is 5.97 Å². The van der Waals surface area contributed by atoms with E-state index in [1.54, 1.807) is 25.1 Å². The van der Waals surface area contributed by atoms with Crippen LogP contribution in [-0.4, -0.2) is 30.6 Å². The zero-order chi connectivity index (χ0) is 18.6. The van der Waals surface area contributed by atoms with Crippen LogP contribution in [-0.2, 0) is 20.7 Å². The summed E-state index contributed by atoms with van der Waals surface area (Å²) < 4.78 is 10.6. The maximum Gasteiger partial charge on any atom is 0.313 e. The Hall–Kier alpha value is -2.26. The van der Waals surface area contributed by atoms with Crippen molar-refractivity contribution >= 4 is 23.5 Å². The lowest BCUT2D eigenvalue weighted by molar-refractivity contribution is -0.154. The first-order chi connectivity index (χ1) is 11.7. The Balaban J connectivity index is 1.89. The number of amides is 1. The molecule has 1 heterocycles. The molecule has 7 heteroatoms. The number of carbonyl (C=O) groups excluding carboxylic acids is 2. The van der Waals surface area contributed by atoms with Crippen LogP contribution in [0.4, 0.5) is 0 Å². The molecule has 1 aliphatic heterocycles. The number of benzene rings is 1. The molecule has 25 heavy (non-hydrogen) atoms. The summed E-state index contributed by atoms with van der Waals surface area (Å²) in [5.74, 6) is -0.889. The third kappa shape index (κ3) is 4.64. The lowest BCUT2D eigenvalue weighted by atomic mass is 9.90. The highest BCUT2D eigenvalue weighted by molar-refractivity contribution is 6.30. The fraction of sp³-hybridized carbons (Fsp3) is 0.500. The van der Waals surface area contributed by atoms with E-state index in [9.17, 15) is 14.9 Å². The van der Waals surface area contributed by atoms with Crippen molar-refractivity contribution < 1.29 is 19.1 Å². The number of halogens is 1. The summed E-state index contributed by atoms with van der Waals surface area (Å²) in [6.45, 7) is 5.06. The molecule has 1 aromatic carbocycles. The zero-order valence-corrected chi connectivity index (χ0v) is 15.2. The fourth-order valence-corrected chi connectivity index (χ4v) is 2.59. The van der Waals surface area contributed by atoms with E-state index in [2.05, 4.69) is 11.4 Å². The minimum Gasteiger partial charge on any atom is -0.492 e. The Labute approximate surface area is 152 Å². The molecule has 0 spiro atoms. The fourth-order valence-electron chi connectivity index (χ4n) is 2.40. The van der Waals surface area contributed by atoms with Gasteiger partial charge in [0.2, 0.25) is 0 Å². The van der Waals surface area contributed by atoms with E-state index in [4.69, 9.17) is 21.1 Å². The Morgan fingerprint density at radius 1 is 1.52 bits per heavy atom. The summed E-state index contributed by atoms with van der Waals surface area (Å²) in [6, 6.07) is 7.32. The molecule has 2 atom stereocenters. The number of nitriles is 1. The van der Waals surface area contributed by atoms with Gasteiger partial charge < -0.3 is 14.8 Å². The molecule has 6 nitrogen and oxygen atoms in total. The minimum absolute atomic E-state index is 0.0786. The van der Waals surface area contributed by atoms with E-state index in [0.717, 1.165) is 5.56 Å². The standard InChI is InChI=1S/C18H21ClN2O4/c1-11(2)18(3,10-20)21-16(22)9-25-17(23)13-6-12-7-14(19)4-5-15(12)24-8-13/h4-5,7,11,13H,6,8-9H2,1-3H3,(H,21,22)/t13-,18-/m0/s1. The highest BCUT2D eigenvalue weighted by atomic mass is 35.5. The average molecular weight is 365 g/mol. The zero-order valence-electron chi connectivity index (χ0n) is 14.5. The van der Waals surface area contributed by atoms with Crippen LogP contribution in [0.1, 0.15) is 26.3 Å². The molecule has 134 valence electrons. The molecule has 0 saturated carbocycles. The van der Waals surface area contributed by atoms with Crippen LogP contribution in [0.25, 0.3) is 0 Å². The van der Waals surface area contributed by atoms with Gasteiger partial charge in [-0.25, -0.2) is 0 Å². The smallest absolute Gasteiger partial charge is 0.313 e. The van der Waals surface area contributed by atoms with Gasteiger partial charge in [-0.15, -0.1) is 0 Å². The second-order valence-corrected chi connectivity index (χ2v) is 7.03. The molecular formula is C18H21ClN2O4. The summed E-state index contributed by atoms with van der Waals surface area (Å²) in [6.07, 6.45) is 0.443. The van der Waals surface area contributed by atoms with Crippen molar-refractivity contribution in [2.24, 2.45) is 11.8 Å². The summed E-state index contributed by atoms with van der Waals surface area (Å²) in [7, 11) is 0. The highest BCUT2D eigenvalue weighted by Gasteiger charge is 2.31. The van der Waals surface area contributed by atoms with Crippen LogP contribution in [0, 0.1) is 23.2 Å². The van der Waals surface area contributed by atoms with Crippen LogP contribution in [0.15, 0.2) is 18.2 Å². The number of fused-ring (bicyclic) bond motifs is 1. The van der Waals surface area contributed by atoms with Crippen LogP contribution in [0.3, 0.4) is 0 Å². The summed E-state index contributed by atoms with van der Waals surface area (Å²) in [4.78, 5) is 24.2. The molecule has 0 radical (unpaired) electrons. The van der Waals surface area contributed by atoms with Gasteiger partial charge in [0.05, 0.1) is 12.0 Å². The van der Waals surface area contributed by atoms with Crippen molar-refractivity contribution in [3.8, 4) is 11.8 Å². The van der Waals surface area contributed by atoms with Crippen molar-refractivity contribution in [2.45, 2.75) is 32.7 Å². The molecule has 0 bridgehead atoms. The van der Waals surface area contributed by atoms with Crippen molar-refractivity contribution in [1.29, 1.82) is 5.26 Å². The Morgan fingerprint density at radius 3 is 2.88 bits per heavy atom. The molecule has 2 rings (SSSR count). The quantitative estimate of drug-likeness (QED) is 0.811. The first kappa shape index (κ1) is 19.1. The Kier molecular flexibility index (Phi) is 5.91. The van der Waals surface area contributed by atoms with Gasteiger partial charge in [0.25, 0.3) is 5.91 Å². The Morgan fingerprint density at radius 2 is 2.24 bits per heavy atom. The molecule has 1 N–H and O–H groups in total. The average Bonchev–Trinajstić information content (AvgIpc) is 2.58. The van der Waals surface area contributed by atoms with Gasteiger partial charge in [-0.1, -0.05) is 25.4 Å². The van der Waals surface area contributed by atoms with Crippen molar-refractivity contribution in [1.82, 2.24) is 5.32 Å². The van der Waals surface area contributed by atoms with Crippen LogP contribution in [0.5, 0.6) is 5.75 Å². The molecule has 0 unspecified atom stereocenters. The van der Waals surface area contributed by atoms with Gasteiger partial charge in [0.1, 0.15) is 17.9 Å². The predicted octanol–water partition coefficient (Wildman–Crippen LogP) is 2.49. The first-order valence-corrected chi connectivity index (χ1v) is 8.43. The molecule has 1 aromatic rings. The van der Waals surface area contributed by atoms with Gasteiger partial charge in [0, 0.05) is 5.02 Å². The maximum absolute atomic E-state index is 12.2. The van der Waals surface area contributed by atoms with E-state index < -0.39 is 29.9 Å². The second-order valence-electron chi connectivity index (χ2n) is 6.59. The van der Waals surface area contributed by atoms with Crippen LogP contribution in [0.2, 0.25) is 5.02 Å². The molecule has 0 aliphatic carbocycles. The van der Waals surface area contributed by atoms with Crippen molar-refractivity contribution in [3.63, 3.8) is 0 Å². The third-order valence-corrected chi connectivity index (χ3v) is 4.63. The number of hydrogen-bond acceptors (Lipinski definition) is 5. The molecular weight excluding hydrogens is 344 g/mol. The highest BCUT2D eigenvalue weighted by Crippen LogP contribution is 2.30. The Bertz CT molecular complexity index is 714. The largest absolute Gasteiger partial charge is 0.492 e. The van der Waals surface area contributed by atoms with Gasteiger partial charge in [-0.2, -0.15) is 5.26 Å². The van der Waals surface area contributed by atoms with Crippen molar-refractivity contribution in [3.05, 3.63) is 28.8 Å². The SMILES string of the molecule is CC(C)[C@](C)(C#N)NC(=O)COC(=O)[C@@H]1COc2ccc(Cl)cc2C1. The van der Waals surface area contributed by atoms with Crippen LogP contribution >= 0.6 is 11.6 Å². The maximum atomic E-state index is 12.2. The summed E-state index contributed by atoms with van der Waals surface area (Å²) >= 11 is 5.96. The number of carbonyl (C=O) groups is 2. The number of nitrogens with one attached hydrogen (secondary N) is 1. The lowest BCUT2D eigenvalue weighted by Gasteiger charge is -2.27. The van der Waals surface area contributed by atoms with Gasteiger partial charge in [0.15, 0.2) is 6.61 Å². The number of hydrogen-bond donors (Lipinski definition) is 1. The van der Waals surface area contributed by atoms with Gasteiger partial charge in [-0.3, -0.25) is 9.59 Å². The number of nitrogens with zero attached hydrogens (tertiary/aromatic N) is 1. The molecule has 0 saturated heterocycles. The van der Waals surface area contributed by atoms with E-state index in [0.29, 0.717) is 17.2 Å². The van der Waals surface area contributed by atoms with E-state index in [-0.39, 0.29) is 12.5 Å². The van der Waals surface area contributed by atoms with Gasteiger partial charge in [-0.05, 0) is 43.0 Å². The molecule has 0 aromatic heterocycles. The first-order valence-electron chi connectivity index (χ1n) is 8.05. The molecule has 1 amide bonds. The number of rotatable bonds is 5. The van der Waals surface area contributed by atoms with E-state index >= 15 is 0 Å². The summed E-state index contributed by atoms with van der Waals surface area (Å²) in [5.41, 5.74) is -0.172. The minimum atomic E-state index is -1.01. The topological polar surface area (TPSA) is 88.4 Å². The van der Waals surface area contributed by atoms with E-state index in [1.165, 1.54) is 0 Å². The molecule has 1 aliphatic rings. The monoisotopic (exact) mass is 364 g/mol. The van der Waals surface area contributed by atoms with E-state index in [1.807, 2.05) is 13.8 Å². The summed E-state index contributed by atoms with van der Waals surface area (Å²) in [5, 5.41) is 12.4. The molecule has 0 fully saturated rings. The number of ether oxygens (including phenoxy) is 2. The number of esters is 1. The predicted molar refractivity (Wildman–Crippen MR) is 92.1 cm³/mol. The van der Waals surface area contributed by atoms with Crippen LogP contribution < -0.4 is 10.1 Å². The second kappa shape index (κ2) is 7.75.